The highest BCUT2D eigenvalue weighted by molar-refractivity contribution is 7.90. The monoisotopic (exact) mass is 551 g/mol. The second-order valence-corrected chi connectivity index (χ2v) is 12.6. The van der Waals surface area contributed by atoms with Gasteiger partial charge >= 0.3 is 6.18 Å². The first-order valence-electron chi connectivity index (χ1n) is 10.9. The molecule has 9 nitrogen and oxygen atoms in total. The molecule has 0 fully saturated rings. The zero-order chi connectivity index (χ0) is 26.6. The first-order valence-corrected chi connectivity index (χ1v) is 14.2. The van der Waals surface area contributed by atoms with Crippen molar-refractivity contribution in [2.24, 2.45) is 0 Å². The van der Waals surface area contributed by atoms with E-state index in [0.29, 0.717) is 16.8 Å². The molecule has 0 aliphatic carbocycles. The Morgan fingerprint density at radius 1 is 1.00 bits per heavy atom. The number of benzene rings is 2. The van der Waals surface area contributed by atoms with Crippen molar-refractivity contribution in [3.05, 3.63) is 71.4 Å². The first-order chi connectivity index (χ1) is 17.3. The summed E-state index contributed by atoms with van der Waals surface area (Å²) in [4.78, 5) is 8.41. The van der Waals surface area contributed by atoms with E-state index in [9.17, 15) is 30.0 Å². The van der Waals surface area contributed by atoms with Crippen LogP contribution in [-0.4, -0.2) is 43.5 Å². The number of nitrogens with zero attached hydrogens (tertiary/aromatic N) is 3. The summed E-state index contributed by atoms with van der Waals surface area (Å²) < 4.78 is 90.3. The van der Waals surface area contributed by atoms with Crippen LogP contribution in [0.5, 0.6) is 0 Å². The van der Waals surface area contributed by atoms with Crippen molar-refractivity contribution < 1.29 is 30.0 Å². The Labute approximate surface area is 210 Å². The van der Waals surface area contributed by atoms with Crippen molar-refractivity contribution in [3.8, 4) is 0 Å². The van der Waals surface area contributed by atoms with E-state index in [1.165, 1.54) is 24.4 Å². The number of alkyl halides is 3. The molecule has 194 valence electrons. The SMILES string of the molecule is Cc1ccc(S(=O)(=O)n2ccc3c(NCC(F)(F)F)nc(Nc4ccc5c(c4)CS(=O)(=O)C5)nc32)cc1. The molecule has 1 aliphatic heterocycles. The second-order valence-electron chi connectivity index (χ2n) is 8.67. The highest BCUT2D eigenvalue weighted by atomic mass is 32.2. The average Bonchev–Trinajstić information content (AvgIpc) is 3.36. The topological polar surface area (TPSA) is 123 Å². The van der Waals surface area contributed by atoms with Crippen LogP contribution in [0.25, 0.3) is 11.0 Å². The fourth-order valence-electron chi connectivity index (χ4n) is 4.02. The van der Waals surface area contributed by atoms with Gasteiger partial charge in [0.1, 0.15) is 12.4 Å². The molecule has 37 heavy (non-hydrogen) atoms. The van der Waals surface area contributed by atoms with Crippen molar-refractivity contribution >= 4 is 48.3 Å². The summed E-state index contributed by atoms with van der Waals surface area (Å²) in [5.41, 5.74) is 2.37. The van der Waals surface area contributed by atoms with Gasteiger partial charge in [-0.2, -0.15) is 23.1 Å². The molecule has 5 rings (SSSR count). The maximum atomic E-state index is 13.3. The summed E-state index contributed by atoms with van der Waals surface area (Å²) in [7, 11) is -7.37. The molecule has 0 atom stereocenters. The third-order valence-corrected chi connectivity index (χ3v) is 8.94. The van der Waals surface area contributed by atoms with Gasteiger partial charge in [0.05, 0.1) is 21.8 Å². The number of sulfone groups is 1. The number of aromatic nitrogens is 3. The molecule has 4 aromatic rings. The lowest BCUT2D eigenvalue weighted by Gasteiger charge is -2.13. The van der Waals surface area contributed by atoms with Crippen molar-refractivity contribution in [2.45, 2.75) is 29.5 Å². The van der Waals surface area contributed by atoms with Crippen LogP contribution >= 0.6 is 0 Å². The van der Waals surface area contributed by atoms with Crippen molar-refractivity contribution in [1.29, 1.82) is 0 Å². The maximum Gasteiger partial charge on any atom is 0.405 e. The molecule has 0 amide bonds. The zero-order valence-corrected chi connectivity index (χ0v) is 20.9. The van der Waals surface area contributed by atoms with Crippen LogP contribution in [0.15, 0.2) is 59.6 Å². The van der Waals surface area contributed by atoms with Gasteiger partial charge < -0.3 is 10.6 Å². The van der Waals surface area contributed by atoms with Crippen LogP contribution in [0.3, 0.4) is 0 Å². The van der Waals surface area contributed by atoms with Gasteiger partial charge in [-0.15, -0.1) is 0 Å². The first kappa shape index (κ1) is 25.0. The molecule has 2 N–H and O–H groups in total. The number of fused-ring (bicyclic) bond motifs is 2. The van der Waals surface area contributed by atoms with Crippen molar-refractivity contribution in [1.82, 2.24) is 13.9 Å². The molecule has 0 saturated heterocycles. The van der Waals surface area contributed by atoms with E-state index in [-0.39, 0.29) is 39.2 Å². The maximum absolute atomic E-state index is 13.3. The van der Waals surface area contributed by atoms with E-state index in [1.807, 2.05) is 0 Å². The largest absolute Gasteiger partial charge is 0.405 e. The van der Waals surface area contributed by atoms with Crippen molar-refractivity contribution in [3.63, 3.8) is 0 Å². The summed E-state index contributed by atoms with van der Waals surface area (Å²) in [5, 5.41) is 5.15. The second kappa shape index (κ2) is 8.73. The van der Waals surface area contributed by atoms with Gasteiger partial charge in [0.25, 0.3) is 10.0 Å². The Bertz CT molecular complexity index is 1730. The van der Waals surface area contributed by atoms with Crippen LogP contribution in [-0.2, 0) is 31.4 Å². The van der Waals surface area contributed by atoms with Crippen LogP contribution in [0, 0.1) is 6.92 Å². The Morgan fingerprint density at radius 2 is 1.70 bits per heavy atom. The van der Waals surface area contributed by atoms with Gasteiger partial charge in [0.15, 0.2) is 15.5 Å². The van der Waals surface area contributed by atoms with Crippen LogP contribution in [0.1, 0.15) is 16.7 Å². The van der Waals surface area contributed by atoms with Gasteiger partial charge in [0.2, 0.25) is 5.95 Å². The van der Waals surface area contributed by atoms with Crippen LogP contribution < -0.4 is 10.6 Å². The molecule has 3 heterocycles. The summed E-state index contributed by atoms with van der Waals surface area (Å²) in [6.45, 7) is 0.408. The normalized spacial score (nSPS) is 15.0. The average molecular weight is 552 g/mol. The smallest absolute Gasteiger partial charge is 0.360 e. The number of nitrogens with one attached hydrogen (secondary N) is 2. The lowest BCUT2D eigenvalue weighted by molar-refractivity contribution is -0.115. The minimum Gasteiger partial charge on any atom is -0.360 e. The Hall–Kier alpha value is -3.65. The fourth-order valence-corrected chi connectivity index (χ4v) is 6.91. The van der Waals surface area contributed by atoms with Crippen LogP contribution in [0.2, 0.25) is 0 Å². The van der Waals surface area contributed by atoms with E-state index >= 15 is 0 Å². The number of hydrogen-bond donors (Lipinski definition) is 2. The minimum atomic E-state index is -4.55. The number of hydrogen-bond acceptors (Lipinski definition) is 8. The zero-order valence-electron chi connectivity index (χ0n) is 19.2. The lowest BCUT2D eigenvalue weighted by Crippen LogP contribution is -2.22. The summed E-state index contributed by atoms with van der Waals surface area (Å²) in [5.74, 6) is -0.585. The number of halogens is 3. The third-order valence-electron chi connectivity index (χ3n) is 5.76. The Kier molecular flexibility index (Phi) is 5.90. The molecule has 0 radical (unpaired) electrons. The van der Waals surface area contributed by atoms with Gasteiger partial charge in [-0.3, -0.25) is 0 Å². The summed E-state index contributed by atoms with van der Waals surface area (Å²) in [6.07, 6.45) is -3.34. The number of anilines is 3. The van der Waals surface area contributed by atoms with E-state index < -0.39 is 32.6 Å². The number of rotatable bonds is 6. The molecular weight excluding hydrogens is 531 g/mol. The molecular formula is C23H20F3N5O4S2. The van der Waals surface area contributed by atoms with Gasteiger partial charge in [-0.25, -0.2) is 20.8 Å². The molecule has 0 bridgehead atoms. The quantitative estimate of drug-likeness (QED) is 0.367. The van der Waals surface area contributed by atoms with Gasteiger partial charge in [0, 0.05) is 11.9 Å². The molecule has 2 aromatic heterocycles. The van der Waals surface area contributed by atoms with Gasteiger partial charge in [-0.1, -0.05) is 23.8 Å². The predicted octanol–water partition coefficient (Wildman–Crippen LogP) is 4.12. The molecule has 14 heteroatoms. The lowest BCUT2D eigenvalue weighted by atomic mass is 10.1. The van der Waals surface area contributed by atoms with E-state index in [1.54, 1.807) is 37.3 Å². The Morgan fingerprint density at radius 3 is 2.41 bits per heavy atom. The van der Waals surface area contributed by atoms with Gasteiger partial charge in [-0.05, 0) is 48.4 Å². The Balaban J connectivity index is 1.59. The highest BCUT2D eigenvalue weighted by Crippen LogP contribution is 2.31. The summed E-state index contributed by atoms with van der Waals surface area (Å²) >= 11 is 0. The third kappa shape index (κ3) is 5.11. The molecule has 0 unspecified atom stereocenters. The molecule has 0 saturated carbocycles. The fraction of sp³-hybridized carbons (Fsp3) is 0.217. The molecule has 1 aliphatic rings. The standard InChI is InChI=1S/C23H20F3N5O4S2/c1-14-2-6-18(7-3-14)37(34,35)31-9-8-19-20(27-13-23(24,25)26)29-22(30-21(19)31)28-17-5-4-15-11-36(32,33)12-16(15)10-17/h2-10H,11-13H2,1H3,(H2,27,28,29,30). The number of aryl methyl sites for hydroxylation is 1. The molecule has 0 spiro atoms. The molecule has 2 aromatic carbocycles. The van der Waals surface area contributed by atoms with E-state index in [0.717, 1.165) is 9.54 Å². The van der Waals surface area contributed by atoms with E-state index in [4.69, 9.17) is 0 Å². The summed E-state index contributed by atoms with van der Waals surface area (Å²) in [6, 6.07) is 12.3. The van der Waals surface area contributed by atoms with E-state index in [2.05, 4.69) is 20.6 Å². The van der Waals surface area contributed by atoms with Crippen molar-refractivity contribution in [2.75, 3.05) is 17.2 Å². The highest BCUT2D eigenvalue weighted by Gasteiger charge is 2.29. The minimum absolute atomic E-state index is 0.0200. The predicted molar refractivity (Wildman–Crippen MR) is 132 cm³/mol. The van der Waals surface area contributed by atoms with Crippen LogP contribution in [0.4, 0.5) is 30.6 Å².